The van der Waals surface area contributed by atoms with Crippen molar-refractivity contribution < 1.29 is 21.6 Å². The maximum absolute atomic E-state index is 13.3. The van der Waals surface area contributed by atoms with Crippen molar-refractivity contribution in [3.05, 3.63) is 76.5 Å². The largest absolute Gasteiger partial charge is 0.417 e. The number of hydrogen-bond acceptors (Lipinski definition) is 4. The minimum Gasteiger partial charge on any atom is -0.247 e. The number of rotatable bonds is 4. The van der Waals surface area contributed by atoms with Crippen LogP contribution in [0.5, 0.6) is 0 Å². The fourth-order valence-corrected chi connectivity index (χ4v) is 5.67. The van der Waals surface area contributed by atoms with E-state index in [4.69, 9.17) is 0 Å². The minimum absolute atomic E-state index is 0.0265. The average molecular weight is 466 g/mol. The van der Waals surface area contributed by atoms with Crippen LogP contribution in [0.1, 0.15) is 30.1 Å². The van der Waals surface area contributed by atoms with Crippen molar-refractivity contribution in [1.82, 2.24) is 18.7 Å². The lowest BCUT2D eigenvalue weighted by atomic mass is 9.97. The van der Waals surface area contributed by atoms with Crippen LogP contribution in [0.4, 0.5) is 13.2 Å². The van der Waals surface area contributed by atoms with Crippen LogP contribution in [-0.4, -0.2) is 40.2 Å². The highest BCUT2D eigenvalue weighted by Crippen LogP contribution is 2.37. The second-order valence-electron chi connectivity index (χ2n) is 7.61. The molecule has 0 amide bonds. The molecule has 7 nitrogen and oxygen atoms in total. The Morgan fingerprint density at radius 1 is 0.969 bits per heavy atom. The van der Waals surface area contributed by atoms with Crippen LogP contribution in [0.15, 0.2) is 64.3 Å². The van der Waals surface area contributed by atoms with E-state index in [-0.39, 0.29) is 24.7 Å². The van der Waals surface area contributed by atoms with Crippen LogP contribution >= 0.6 is 0 Å². The van der Waals surface area contributed by atoms with Crippen molar-refractivity contribution >= 4 is 10.0 Å². The van der Waals surface area contributed by atoms with Gasteiger partial charge in [-0.15, -0.1) is 0 Å². The fraction of sp³-hybridized carbons (Fsp3) is 0.333. The zero-order valence-corrected chi connectivity index (χ0v) is 18.0. The molecule has 4 rings (SSSR count). The molecule has 1 aliphatic heterocycles. The first-order valence-corrected chi connectivity index (χ1v) is 11.4. The third-order valence-electron chi connectivity index (χ3n) is 5.59. The van der Waals surface area contributed by atoms with Gasteiger partial charge in [0.15, 0.2) is 0 Å². The maximum Gasteiger partial charge on any atom is 0.417 e. The van der Waals surface area contributed by atoms with Gasteiger partial charge in [0.05, 0.1) is 16.1 Å². The van der Waals surface area contributed by atoms with Crippen LogP contribution in [0.2, 0.25) is 0 Å². The predicted molar refractivity (Wildman–Crippen MR) is 111 cm³/mol. The van der Waals surface area contributed by atoms with Gasteiger partial charge in [-0.2, -0.15) is 22.6 Å². The molecule has 0 atom stereocenters. The Morgan fingerprint density at radius 2 is 1.56 bits per heavy atom. The van der Waals surface area contributed by atoms with E-state index in [1.807, 2.05) is 6.07 Å². The highest BCUT2D eigenvalue weighted by molar-refractivity contribution is 7.89. The molecular formula is C21H21F3N4O3S. The first kappa shape index (κ1) is 22.3. The van der Waals surface area contributed by atoms with Crippen molar-refractivity contribution in [3.63, 3.8) is 0 Å². The number of hydrogen-bond donors (Lipinski definition) is 0. The molecule has 3 aromatic rings. The van der Waals surface area contributed by atoms with E-state index in [0.29, 0.717) is 24.4 Å². The van der Waals surface area contributed by atoms with E-state index < -0.39 is 26.7 Å². The molecule has 0 unspecified atom stereocenters. The Kier molecular flexibility index (Phi) is 5.72. The second kappa shape index (κ2) is 8.21. The average Bonchev–Trinajstić information content (AvgIpc) is 3.08. The summed E-state index contributed by atoms with van der Waals surface area (Å²) in [7, 11) is -2.79. The number of alkyl halides is 3. The fourth-order valence-electron chi connectivity index (χ4n) is 3.99. The van der Waals surface area contributed by atoms with Gasteiger partial charge in [-0.05, 0) is 37.1 Å². The first-order chi connectivity index (χ1) is 15.1. The van der Waals surface area contributed by atoms with Gasteiger partial charge in [0.2, 0.25) is 10.0 Å². The maximum atomic E-state index is 13.3. The summed E-state index contributed by atoms with van der Waals surface area (Å²) >= 11 is 0. The summed E-state index contributed by atoms with van der Waals surface area (Å²) in [5, 5.41) is 4.35. The Balaban J connectivity index is 1.60. The molecule has 0 spiro atoms. The highest BCUT2D eigenvalue weighted by atomic mass is 32.2. The molecule has 1 aliphatic rings. The third-order valence-corrected chi connectivity index (χ3v) is 7.55. The van der Waals surface area contributed by atoms with Gasteiger partial charge in [-0.25, -0.2) is 22.5 Å². The van der Waals surface area contributed by atoms with Gasteiger partial charge in [0, 0.05) is 26.1 Å². The van der Waals surface area contributed by atoms with Crippen LogP contribution < -0.4 is 5.69 Å². The van der Waals surface area contributed by atoms with E-state index in [1.54, 1.807) is 31.3 Å². The molecule has 0 saturated carbocycles. The van der Waals surface area contributed by atoms with Gasteiger partial charge >= 0.3 is 11.9 Å². The third kappa shape index (κ3) is 3.97. The summed E-state index contributed by atoms with van der Waals surface area (Å²) in [6.45, 7) is 0.0531. The number of piperidine rings is 1. The van der Waals surface area contributed by atoms with Crippen LogP contribution in [-0.2, 0) is 23.2 Å². The molecule has 11 heteroatoms. The first-order valence-electron chi connectivity index (χ1n) is 9.98. The van der Waals surface area contributed by atoms with Gasteiger partial charge < -0.3 is 0 Å². The lowest BCUT2D eigenvalue weighted by Crippen LogP contribution is -2.39. The van der Waals surface area contributed by atoms with E-state index >= 15 is 0 Å². The molecule has 1 fully saturated rings. The predicted octanol–water partition coefficient (Wildman–Crippen LogP) is 3.16. The Morgan fingerprint density at radius 3 is 2.19 bits per heavy atom. The van der Waals surface area contributed by atoms with Crippen molar-refractivity contribution in [1.29, 1.82) is 0 Å². The van der Waals surface area contributed by atoms with Crippen LogP contribution in [0.3, 0.4) is 0 Å². The highest BCUT2D eigenvalue weighted by Gasteiger charge is 2.40. The van der Waals surface area contributed by atoms with Gasteiger partial charge in [-0.3, -0.25) is 0 Å². The van der Waals surface area contributed by atoms with Gasteiger partial charge in [0.1, 0.15) is 5.82 Å². The molecule has 0 bridgehead atoms. The topological polar surface area (TPSA) is 77.2 Å². The zero-order chi connectivity index (χ0) is 23.1. The van der Waals surface area contributed by atoms with Crippen LogP contribution in [0, 0.1) is 0 Å². The normalized spacial score (nSPS) is 16.4. The molecule has 2 heterocycles. The SMILES string of the molecule is Cn1nc(C2CCN(S(=O)(=O)c3ccccc3C(F)(F)F)CC2)n(-c2ccccc2)c1=O. The lowest BCUT2D eigenvalue weighted by molar-refractivity contribution is -0.139. The van der Waals surface area contributed by atoms with E-state index in [0.717, 1.165) is 22.5 Å². The Hall–Kier alpha value is -2.92. The summed E-state index contributed by atoms with van der Waals surface area (Å²) in [5.41, 5.74) is -0.847. The molecular weight excluding hydrogens is 445 g/mol. The van der Waals surface area contributed by atoms with Crippen molar-refractivity contribution in [2.24, 2.45) is 7.05 Å². The van der Waals surface area contributed by atoms with E-state index in [1.165, 1.54) is 15.3 Å². The van der Waals surface area contributed by atoms with E-state index in [9.17, 15) is 26.4 Å². The Bertz CT molecular complexity index is 1280. The number of aryl methyl sites for hydroxylation is 1. The second-order valence-corrected chi connectivity index (χ2v) is 9.51. The number of nitrogens with zero attached hydrogens (tertiary/aromatic N) is 4. The summed E-state index contributed by atoms with van der Waals surface area (Å²) in [6, 6.07) is 13.2. The molecule has 0 N–H and O–H groups in total. The lowest BCUT2D eigenvalue weighted by Gasteiger charge is -2.31. The van der Waals surface area contributed by atoms with Crippen molar-refractivity contribution in [3.8, 4) is 5.69 Å². The summed E-state index contributed by atoms with van der Waals surface area (Å²) in [4.78, 5) is 11.9. The molecule has 170 valence electrons. The summed E-state index contributed by atoms with van der Waals surface area (Å²) in [6.07, 6.45) is -4.12. The Labute approximate surface area is 182 Å². The summed E-state index contributed by atoms with van der Waals surface area (Å²) < 4.78 is 69.8. The van der Waals surface area contributed by atoms with Gasteiger partial charge in [-0.1, -0.05) is 30.3 Å². The summed E-state index contributed by atoms with van der Waals surface area (Å²) in [5.74, 6) is 0.296. The molecule has 1 saturated heterocycles. The van der Waals surface area contributed by atoms with E-state index in [2.05, 4.69) is 5.10 Å². The van der Waals surface area contributed by atoms with Crippen molar-refractivity contribution in [2.45, 2.75) is 29.8 Å². The van der Waals surface area contributed by atoms with Crippen LogP contribution in [0.25, 0.3) is 5.69 Å². The minimum atomic E-state index is -4.78. The molecule has 0 aliphatic carbocycles. The number of halogens is 3. The quantitative estimate of drug-likeness (QED) is 0.592. The number of benzene rings is 2. The number of sulfonamides is 1. The molecule has 1 aromatic heterocycles. The monoisotopic (exact) mass is 466 g/mol. The molecule has 32 heavy (non-hydrogen) atoms. The van der Waals surface area contributed by atoms with Crippen molar-refractivity contribution in [2.75, 3.05) is 13.1 Å². The van der Waals surface area contributed by atoms with Gasteiger partial charge in [0.25, 0.3) is 0 Å². The standard InChI is InChI=1S/C21H21F3N4O3S/c1-26-20(29)28(16-7-3-2-4-8-16)19(25-26)15-11-13-27(14-12-15)32(30,31)18-10-6-5-9-17(18)21(22,23)24/h2-10,15H,11-14H2,1H3. The number of aromatic nitrogens is 3. The smallest absolute Gasteiger partial charge is 0.247 e. The molecule has 0 radical (unpaired) electrons. The molecule has 2 aromatic carbocycles. The zero-order valence-electron chi connectivity index (χ0n) is 17.2. The number of para-hydroxylation sites is 1.